The Morgan fingerprint density at radius 2 is 1.76 bits per heavy atom. The number of likely N-dealkylation sites (tertiary alicyclic amines) is 2. The molecule has 2 aliphatic heterocycles. The van der Waals surface area contributed by atoms with Crippen LogP contribution in [0.25, 0.3) is 11.0 Å². The number of carbonyl (C=O) groups is 2. The van der Waals surface area contributed by atoms with Crippen LogP contribution in [0, 0.1) is 5.92 Å². The van der Waals surface area contributed by atoms with Gasteiger partial charge >= 0.3 is 0 Å². The number of nitrogens with zero attached hydrogens (tertiary/aromatic N) is 2. The molecule has 2 saturated heterocycles. The second kappa shape index (κ2) is 8.89. The summed E-state index contributed by atoms with van der Waals surface area (Å²) in [5, 5.41) is 0.949. The lowest BCUT2D eigenvalue weighted by molar-refractivity contribution is -0.140. The first-order valence-electron chi connectivity index (χ1n) is 10.8. The minimum absolute atomic E-state index is 0.0689. The standard InChI is InChI=1S/C23H30N2O4/c1-28-19-6-7-20-18(16-29-21(20)15-19)14-22(26)24-12-8-17(9-13-24)23(27)25-10-4-2-3-5-11-25/h6-7,15-17H,2-5,8-14H2,1H3. The quantitative estimate of drug-likeness (QED) is 0.789. The molecule has 0 atom stereocenters. The number of furan rings is 1. The van der Waals surface area contributed by atoms with Crippen molar-refractivity contribution in [2.24, 2.45) is 5.92 Å². The fourth-order valence-corrected chi connectivity index (χ4v) is 4.53. The molecular formula is C23H30N2O4. The molecule has 4 rings (SSSR count). The molecule has 1 aromatic heterocycles. The van der Waals surface area contributed by atoms with Crippen LogP contribution in [-0.2, 0) is 16.0 Å². The number of amides is 2. The van der Waals surface area contributed by atoms with Gasteiger partial charge in [-0.3, -0.25) is 9.59 Å². The van der Waals surface area contributed by atoms with Gasteiger partial charge in [-0.2, -0.15) is 0 Å². The third-order valence-corrected chi connectivity index (χ3v) is 6.32. The number of ether oxygens (including phenoxy) is 1. The highest BCUT2D eigenvalue weighted by atomic mass is 16.5. The van der Waals surface area contributed by atoms with Crippen LogP contribution >= 0.6 is 0 Å². The molecule has 2 amide bonds. The highest BCUT2D eigenvalue weighted by Gasteiger charge is 2.30. The summed E-state index contributed by atoms with van der Waals surface area (Å²) in [7, 11) is 1.62. The molecule has 2 fully saturated rings. The first-order chi connectivity index (χ1) is 14.2. The Labute approximate surface area is 171 Å². The third kappa shape index (κ3) is 4.41. The van der Waals surface area contributed by atoms with Gasteiger partial charge in [0.05, 0.1) is 19.8 Å². The fraction of sp³-hybridized carbons (Fsp3) is 0.565. The number of methoxy groups -OCH3 is 1. The van der Waals surface area contributed by atoms with Crippen LogP contribution in [0.3, 0.4) is 0 Å². The summed E-state index contributed by atoms with van der Waals surface area (Å²) < 4.78 is 10.8. The molecule has 0 saturated carbocycles. The molecule has 0 radical (unpaired) electrons. The Bertz CT molecular complexity index is 859. The zero-order valence-electron chi connectivity index (χ0n) is 17.2. The first kappa shape index (κ1) is 19.8. The van der Waals surface area contributed by atoms with Crippen LogP contribution in [0.1, 0.15) is 44.1 Å². The highest BCUT2D eigenvalue weighted by Crippen LogP contribution is 2.27. The van der Waals surface area contributed by atoms with Gasteiger partial charge < -0.3 is 19.0 Å². The van der Waals surface area contributed by atoms with Crippen LogP contribution in [0.4, 0.5) is 0 Å². The minimum Gasteiger partial charge on any atom is -0.497 e. The number of benzene rings is 1. The molecule has 3 heterocycles. The molecule has 0 N–H and O–H groups in total. The molecule has 0 spiro atoms. The largest absolute Gasteiger partial charge is 0.497 e. The molecule has 2 aliphatic rings. The number of hydrogen-bond donors (Lipinski definition) is 0. The molecule has 0 bridgehead atoms. The number of rotatable bonds is 4. The maximum absolute atomic E-state index is 12.8. The summed E-state index contributed by atoms with van der Waals surface area (Å²) in [5.41, 5.74) is 1.63. The van der Waals surface area contributed by atoms with Gasteiger partial charge in [0.2, 0.25) is 11.8 Å². The zero-order valence-corrected chi connectivity index (χ0v) is 17.2. The van der Waals surface area contributed by atoms with Crippen LogP contribution in [-0.4, -0.2) is 54.9 Å². The van der Waals surface area contributed by atoms with Gasteiger partial charge in [0.15, 0.2) is 0 Å². The number of carbonyl (C=O) groups excluding carboxylic acids is 2. The van der Waals surface area contributed by atoms with Crippen molar-refractivity contribution in [3.05, 3.63) is 30.0 Å². The lowest BCUT2D eigenvalue weighted by atomic mass is 9.94. The molecule has 0 unspecified atom stereocenters. The van der Waals surface area contributed by atoms with E-state index in [0.29, 0.717) is 25.4 Å². The van der Waals surface area contributed by atoms with E-state index in [1.807, 2.05) is 23.1 Å². The average molecular weight is 399 g/mol. The van der Waals surface area contributed by atoms with E-state index in [1.165, 1.54) is 12.8 Å². The second-order valence-electron chi connectivity index (χ2n) is 8.19. The summed E-state index contributed by atoms with van der Waals surface area (Å²) in [4.78, 5) is 29.6. The molecule has 2 aromatic rings. The van der Waals surface area contributed by atoms with Crippen molar-refractivity contribution < 1.29 is 18.7 Å². The van der Waals surface area contributed by atoms with E-state index in [1.54, 1.807) is 13.4 Å². The Hall–Kier alpha value is -2.50. The number of hydrogen-bond acceptors (Lipinski definition) is 4. The normalized spacial score (nSPS) is 18.7. The summed E-state index contributed by atoms with van der Waals surface area (Å²) in [6.07, 6.45) is 8.22. The summed E-state index contributed by atoms with van der Waals surface area (Å²) >= 11 is 0. The van der Waals surface area contributed by atoms with Gasteiger partial charge in [-0.05, 0) is 37.8 Å². The lowest BCUT2D eigenvalue weighted by Crippen LogP contribution is -2.45. The average Bonchev–Trinajstić information content (AvgIpc) is 2.96. The van der Waals surface area contributed by atoms with E-state index in [0.717, 1.165) is 61.1 Å². The van der Waals surface area contributed by atoms with Crippen molar-refractivity contribution in [3.63, 3.8) is 0 Å². The summed E-state index contributed by atoms with van der Waals surface area (Å²) in [6, 6.07) is 5.65. The van der Waals surface area contributed by atoms with Crippen LogP contribution in [0.2, 0.25) is 0 Å². The zero-order chi connectivity index (χ0) is 20.2. The van der Waals surface area contributed by atoms with Crippen LogP contribution < -0.4 is 4.74 Å². The molecule has 1 aromatic carbocycles. The van der Waals surface area contributed by atoms with Crippen molar-refractivity contribution in [3.8, 4) is 5.75 Å². The lowest BCUT2D eigenvalue weighted by Gasteiger charge is -2.34. The van der Waals surface area contributed by atoms with E-state index < -0.39 is 0 Å². The molecule has 156 valence electrons. The Morgan fingerprint density at radius 3 is 2.45 bits per heavy atom. The third-order valence-electron chi connectivity index (χ3n) is 6.32. The molecular weight excluding hydrogens is 368 g/mol. The fourth-order valence-electron chi connectivity index (χ4n) is 4.53. The van der Waals surface area contributed by atoms with Gasteiger partial charge in [-0.1, -0.05) is 12.8 Å². The maximum atomic E-state index is 12.8. The molecule has 6 heteroatoms. The number of piperidine rings is 1. The van der Waals surface area contributed by atoms with E-state index in [-0.39, 0.29) is 11.8 Å². The van der Waals surface area contributed by atoms with E-state index >= 15 is 0 Å². The molecule has 6 nitrogen and oxygen atoms in total. The monoisotopic (exact) mass is 398 g/mol. The second-order valence-corrected chi connectivity index (χ2v) is 8.19. The summed E-state index contributed by atoms with van der Waals surface area (Å²) in [6.45, 7) is 3.12. The Morgan fingerprint density at radius 1 is 1.03 bits per heavy atom. The van der Waals surface area contributed by atoms with Crippen molar-refractivity contribution in [1.29, 1.82) is 0 Å². The highest BCUT2D eigenvalue weighted by molar-refractivity contribution is 5.88. The molecule has 0 aliphatic carbocycles. The first-order valence-corrected chi connectivity index (χ1v) is 10.8. The van der Waals surface area contributed by atoms with Crippen molar-refractivity contribution in [2.45, 2.75) is 44.9 Å². The summed E-state index contributed by atoms with van der Waals surface area (Å²) in [5.74, 6) is 1.21. The van der Waals surface area contributed by atoms with E-state index in [4.69, 9.17) is 9.15 Å². The minimum atomic E-state index is 0.0689. The van der Waals surface area contributed by atoms with Gasteiger partial charge in [-0.25, -0.2) is 0 Å². The van der Waals surface area contributed by atoms with E-state index in [2.05, 4.69) is 4.90 Å². The van der Waals surface area contributed by atoms with Crippen molar-refractivity contribution in [2.75, 3.05) is 33.3 Å². The van der Waals surface area contributed by atoms with Crippen molar-refractivity contribution >= 4 is 22.8 Å². The predicted octanol–water partition coefficient (Wildman–Crippen LogP) is 3.63. The van der Waals surface area contributed by atoms with Gasteiger partial charge in [-0.15, -0.1) is 0 Å². The smallest absolute Gasteiger partial charge is 0.227 e. The maximum Gasteiger partial charge on any atom is 0.227 e. The Balaban J connectivity index is 1.33. The van der Waals surface area contributed by atoms with Crippen LogP contribution in [0.5, 0.6) is 5.75 Å². The topological polar surface area (TPSA) is 63.0 Å². The number of fused-ring (bicyclic) bond motifs is 1. The predicted molar refractivity (Wildman–Crippen MR) is 111 cm³/mol. The van der Waals surface area contributed by atoms with Gasteiger partial charge in [0.1, 0.15) is 11.3 Å². The van der Waals surface area contributed by atoms with E-state index in [9.17, 15) is 9.59 Å². The van der Waals surface area contributed by atoms with Crippen LogP contribution in [0.15, 0.2) is 28.9 Å². The van der Waals surface area contributed by atoms with Crippen molar-refractivity contribution in [1.82, 2.24) is 9.80 Å². The van der Waals surface area contributed by atoms with Gasteiger partial charge in [0, 0.05) is 49.1 Å². The Kier molecular flexibility index (Phi) is 6.07. The molecule has 29 heavy (non-hydrogen) atoms. The SMILES string of the molecule is COc1ccc2c(CC(=O)N3CCC(C(=O)N4CCCCCC4)CC3)coc2c1. The van der Waals surface area contributed by atoms with Gasteiger partial charge in [0.25, 0.3) is 0 Å².